The summed E-state index contributed by atoms with van der Waals surface area (Å²) in [7, 11) is 0. The van der Waals surface area contributed by atoms with Crippen molar-refractivity contribution in [1.82, 2.24) is 10.6 Å². The molecule has 0 aliphatic heterocycles. The summed E-state index contributed by atoms with van der Waals surface area (Å²) >= 11 is 0. The minimum atomic E-state index is -0.552. The zero-order chi connectivity index (χ0) is 15.0. The van der Waals surface area contributed by atoms with E-state index in [0.717, 1.165) is 17.7 Å². The third-order valence-corrected chi connectivity index (χ3v) is 3.21. The Kier molecular flexibility index (Phi) is 6.68. The van der Waals surface area contributed by atoms with Crippen LogP contribution in [0.15, 0.2) is 24.3 Å². The molecule has 0 aliphatic carbocycles. The zero-order valence-electron chi connectivity index (χ0n) is 13.0. The second kappa shape index (κ2) is 8.02. The van der Waals surface area contributed by atoms with Gasteiger partial charge in [0.15, 0.2) is 0 Å². The Morgan fingerprint density at radius 1 is 1.20 bits per heavy atom. The molecule has 1 amide bonds. The maximum Gasteiger partial charge on any atom is 0.239 e. The number of ether oxygens (including phenoxy) is 1. The van der Waals surface area contributed by atoms with Gasteiger partial charge in [-0.3, -0.25) is 4.79 Å². The van der Waals surface area contributed by atoms with Gasteiger partial charge in [0.05, 0.1) is 12.1 Å². The molecule has 0 radical (unpaired) electrons. The van der Waals surface area contributed by atoms with Crippen molar-refractivity contribution in [3.05, 3.63) is 35.4 Å². The molecule has 1 rings (SSSR count). The molecule has 1 aromatic rings. The highest BCUT2D eigenvalue weighted by atomic mass is 16.5. The number of benzene rings is 1. The van der Waals surface area contributed by atoms with Gasteiger partial charge < -0.3 is 15.4 Å². The lowest BCUT2D eigenvalue weighted by Gasteiger charge is -2.24. The monoisotopic (exact) mass is 278 g/mol. The maximum absolute atomic E-state index is 12.1. The highest BCUT2D eigenvalue weighted by Crippen LogP contribution is 2.11. The molecule has 0 fully saturated rings. The molecule has 0 spiro atoms. The van der Waals surface area contributed by atoms with Crippen LogP contribution in [0.4, 0.5) is 0 Å². The summed E-state index contributed by atoms with van der Waals surface area (Å²) in [4.78, 5) is 12.1. The fraction of sp³-hybridized carbons (Fsp3) is 0.562. The summed E-state index contributed by atoms with van der Waals surface area (Å²) in [6.07, 6.45) is 0. The van der Waals surface area contributed by atoms with Crippen molar-refractivity contribution in [2.45, 2.75) is 46.4 Å². The number of amides is 1. The van der Waals surface area contributed by atoms with Crippen LogP contribution in [0, 0.1) is 0 Å². The van der Waals surface area contributed by atoms with Crippen molar-refractivity contribution < 1.29 is 9.53 Å². The van der Waals surface area contributed by atoms with Crippen LogP contribution in [0.5, 0.6) is 0 Å². The van der Waals surface area contributed by atoms with Gasteiger partial charge in [0.1, 0.15) is 0 Å². The number of hydrogen-bond acceptors (Lipinski definition) is 3. The van der Waals surface area contributed by atoms with E-state index in [9.17, 15) is 4.79 Å². The van der Waals surface area contributed by atoms with E-state index in [0.29, 0.717) is 19.8 Å². The largest absolute Gasteiger partial charge is 0.377 e. The van der Waals surface area contributed by atoms with Gasteiger partial charge in [-0.1, -0.05) is 31.2 Å². The molecule has 20 heavy (non-hydrogen) atoms. The number of nitrogens with one attached hydrogen (secondary N) is 2. The second-order valence-corrected chi connectivity index (χ2v) is 5.24. The van der Waals surface area contributed by atoms with Crippen LogP contribution in [0.1, 0.15) is 38.8 Å². The van der Waals surface area contributed by atoms with Gasteiger partial charge in [0.2, 0.25) is 5.91 Å². The number of rotatable bonds is 8. The maximum atomic E-state index is 12.1. The Labute approximate surface area is 121 Å². The van der Waals surface area contributed by atoms with Crippen molar-refractivity contribution in [2.24, 2.45) is 0 Å². The van der Waals surface area contributed by atoms with E-state index >= 15 is 0 Å². The molecule has 4 nitrogen and oxygen atoms in total. The summed E-state index contributed by atoms with van der Waals surface area (Å²) in [5.41, 5.74) is 1.67. The van der Waals surface area contributed by atoms with Crippen LogP contribution < -0.4 is 10.6 Å². The highest BCUT2D eigenvalue weighted by Gasteiger charge is 2.25. The van der Waals surface area contributed by atoms with Crippen LogP contribution in [0.2, 0.25) is 0 Å². The van der Waals surface area contributed by atoms with E-state index in [1.807, 2.05) is 52.0 Å². The van der Waals surface area contributed by atoms with Gasteiger partial charge in [0, 0.05) is 13.2 Å². The number of carbonyl (C=O) groups excluding carboxylic acids is 1. The van der Waals surface area contributed by atoms with Gasteiger partial charge in [-0.05, 0) is 38.4 Å². The minimum absolute atomic E-state index is 0.00515. The molecule has 0 aliphatic rings. The van der Waals surface area contributed by atoms with Gasteiger partial charge >= 0.3 is 0 Å². The minimum Gasteiger partial charge on any atom is -0.377 e. The number of carbonyl (C=O) groups is 1. The third-order valence-electron chi connectivity index (χ3n) is 3.21. The van der Waals surface area contributed by atoms with Gasteiger partial charge in [0.25, 0.3) is 0 Å². The normalized spacial score (nSPS) is 11.4. The fourth-order valence-corrected chi connectivity index (χ4v) is 2.00. The van der Waals surface area contributed by atoms with Gasteiger partial charge in [-0.25, -0.2) is 0 Å². The van der Waals surface area contributed by atoms with Crippen molar-refractivity contribution in [3.63, 3.8) is 0 Å². The molecule has 4 heteroatoms. The Balaban J connectivity index is 2.63. The Morgan fingerprint density at radius 3 is 2.45 bits per heavy atom. The van der Waals surface area contributed by atoms with E-state index in [2.05, 4.69) is 10.6 Å². The molecule has 0 heterocycles. The Morgan fingerprint density at radius 2 is 1.85 bits per heavy atom. The predicted octanol–water partition coefficient (Wildman–Crippen LogP) is 2.23. The van der Waals surface area contributed by atoms with Crippen molar-refractivity contribution in [2.75, 3.05) is 13.2 Å². The SMILES string of the molecule is CCNC(C)(C)C(=O)NCc1ccccc1COCC. The third kappa shape index (κ3) is 4.94. The molecule has 1 aromatic carbocycles. The van der Waals surface area contributed by atoms with Crippen LogP contribution in [-0.2, 0) is 22.7 Å². The molecule has 112 valence electrons. The summed E-state index contributed by atoms with van der Waals surface area (Å²) in [5.74, 6) is 0.00515. The topological polar surface area (TPSA) is 50.4 Å². The molecule has 0 bridgehead atoms. The average Bonchev–Trinajstić information content (AvgIpc) is 2.43. The smallest absolute Gasteiger partial charge is 0.239 e. The summed E-state index contributed by atoms with van der Waals surface area (Å²) in [6, 6.07) is 8.02. The number of hydrogen-bond donors (Lipinski definition) is 2. The molecule has 0 unspecified atom stereocenters. The first kappa shape index (κ1) is 16.7. The first-order valence-electron chi connectivity index (χ1n) is 7.19. The highest BCUT2D eigenvalue weighted by molar-refractivity contribution is 5.85. The second-order valence-electron chi connectivity index (χ2n) is 5.24. The van der Waals surface area contributed by atoms with E-state index in [-0.39, 0.29) is 5.91 Å². The summed E-state index contributed by atoms with van der Waals surface area (Å²) < 4.78 is 5.45. The molecule has 2 N–H and O–H groups in total. The molecular weight excluding hydrogens is 252 g/mol. The zero-order valence-corrected chi connectivity index (χ0v) is 13.0. The number of likely N-dealkylation sites (N-methyl/N-ethyl adjacent to an activating group) is 1. The standard InChI is InChI=1S/C16H26N2O2/c1-5-18-16(3,4)15(19)17-11-13-9-7-8-10-14(13)12-20-6-2/h7-10,18H,5-6,11-12H2,1-4H3,(H,17,19). The fourth-order valence-electron chi connectivity index (χ4n) is 2.00. The first-order chi connectivity index (χ1) is 9.51. The van der Waals surface area contributed by atoms with E-state index < -0.39 is 5.54 Å². The van der Waals surface area contributed by atoms with Gasteiger partial charge in [-0.15, -0.1) is 0 Å². The van der Waals surface area contributed by atoms with Crippen molar-refractivity contribution >= 4 is 5.91 Å². The summed E-state index contributed by atoms with van der Waals surface area (Å²) in [5, 5.41) is 6.15. The lowest BCUT2D eigenvalue weighted by atomic mass is 10.0. The molecule has 0 saturated carbocycles. The van der Waals surface area contributed by atoms with E-state index in [1.165, 1.54) is 0 Å². The first-order valence-corrected chi connectivity index (χ1v) is 7.19. The predicted molar refractivity (Wildman–Crippen MR) is 81.4 cm³/mol. The van der Waals surface area contributed by atoms with Crippen LogP contribution >= 0.6 is 0 Å². The van der Waals surface area contributed by atoms with Gasteiger partial charge in [-0.2, -0.15) is 0 Å². The van der Waals surface area contributed by atoms with E-state index in [1.54, 1.807) is 0 Å². The average molecular weight is 278 g/mol. The molecule has 0 saturated heterocycles. The molecular formula is C16H26N2O2. The quantitative estimate of drug-likeness (QED) is 0.766. The molecule has 0 atom stereocenters. The Bertz CT molecular complexity index is 430. The van der Waals surface area contributed by atoms with Crippen LogP contribution in [0.3, 0.4) is 0 Å². The molecule has 0 aromatic heterocycles. The van der Waals surface area contributed by atoms with Crippen LogP contribution in [0.25, 0.3) is 0 Å². The summed E-state index contributed by atoms with van der Waals surface area (Å²) in [6.45, 7) is 10.3. The van der Waals surface area contributed by atoms with E-state index in [4.69, 9.17) is 4.74 Å². The van der Waals surface area contributed by atoms with Crippen molar-refractivity contribution in [3.8, 4) is 0 Å². The Hall–Kier alpha value is -1.39. The lowest BCUT2D eigenvalue weighted by molar-refractivity contribution is -0.126. The van der Waals surface area contributed by atoms with Crippen LogP contribution in [-0.4, -0.2) is 24.6 Å². The lowest BCUT2D eigenvalue weighted by Crippen LogP contribution is -2.52. The van der Waals surface area contributed by atoms with Crippen molar-refractivity contribution in [1.29, 1.82) is 0 Å².